The van der Waals surface area contributed by atoms with E-state index in [0.29, 0.717) is 21.4 Å². The number of ether oxygens (including phenoxy) is 2. The van der Waals surface area contributed by atoms with Gasteiger partial charge in [-0.25, -0.2) is 4.79 Å². The molecule has 0 radical (unpaired) electrons. The molecule has 0 aromatic heterocycles. The first-order valence-electron chi connectivity index (χ1n) is 6.10. The first-order valence-corrected chi connectivity index (χ1v) is 7.24. The monoisotopic (exact) mass is 360 g/mol. The molecule has 4 nitrogen and oxygen atoms in total. The average Bonchev–Trinajstić information content (AvgIpc) is 2.50. The van der Waals surface area contributed by atoms with Crippen molar-refractivity contribution >= 4 is 40.8 Å². The number of carbonyl (C=O) groups is 1. The summed E-state index contributed by atoms with van der Waals surface area (Å²) in [6, 6.07) is 7.59. The predicted molar refractivity (Wildman–Crippen MR) is 85.8 cm³/mol. The van der Waals surface area contributed by atoms with E-state index in [4.69, 9.17) is 44.3 Å². The second-order valence-corrected chi connectivity index (χ2v) is 5.47. The molecule has 0 spiro atoms. The highest BCUT2D eigenvalue weighted by Gasteiger charge is 2.15. The van der Waals surface area contributed by atoms with Gasteiger partial charge in [-0.15, -0.1) is 0 Å². The van der Waals surface area contributed by atoms with Crippen molar-refractivity contribution in [2.75, 3.05) is 7.11 Å². The van der Waals surface area contributed by atoms with Crippen LogP contribution in [0.15, 0.2) is 30.3 Å². The maximum Gasteiger partial charge on any atom is 0.339 e. The van der Waals surface area contributed by atoms with Gasteiger partial charge in [0.2, 0.25) is 0 Å². The third-order valence-electron chi connectivity index (χ3n) is 2.93. The Morgan fingerprint density at radius 3 is 2.45 bits per heavy atom. The van der Waals surface area contributed by atoms with Gasteiger partial charge in [0.15, 0.2) is 0 Å². The summed E-state index contributed by atoms with van der Waals surface area (Å²) in [5.41, 5.74) is 0.491. The van der Waals surface area contributed by atoms with Crippen LogP contribution in [0.1, 0.15) is 15.9 Å². The minimum Gasteiger partial charge on any atom is -0.497 e. The zero-order chi connectivity index (χ0) is 16.3. The van der Waals surface area contributed by atoms with Crippen LogP contribution in [0, 0.1) is 0 Å². The first-order chi connectivity index (χ1) is 10.4. The Balaban J connectivity index is 2.32. The van der Waals surface area contributed by atoms with Gasteiger partial charge in [0, 0.05) is 16.7 Å². The molecule has 0 heterocycles. The lowest BCUT2D eigenvalue weighted by molar-refractivity contribution is 0.0691. The van der Waals surface area contributed by atoms with Gasteiger partial charge in [0.25, 0.3) is 0 Å². The van der Waals surface area contributed by atoms with Gasteiger partial charge in [-0.1, -0.05) is 34.8 Å². The number of hydrogen-bond acceptors (Lipinski definition) is 3. The number of aromatic carboxylic acids is 1. The van der Waals surface area contributed by atoms with Gasteiger partial charge in [-0.05, 0) is 24.3 Å². The van der Waals surface area contributed by atoms with Crippen LogP contribution in [0.2, 0.25) is 15.1 Å². The largest absolute Gasteiger partial charge is 0.497 e. The summed E-state index contributed by atoms with van der Waals surface area (Å²) < 4.78 is 10.6. The number of carboxylic acids is 1. The van der Waals surface area contributed by atoms with Crippen LogP contribution >= 0.6 is 34.8 Å². The highest BCUT2D eigenvalue weighted by Crippen LogP contribution is 2.33. The Morgan fingerprint density at radius 1 is 1.14 bits per heavy atom. The Morgan fingerprint density at radius 2 is 1.82 bits per heavy atom. The standard InChI is InChI=1S/C15H11Cl3O4/c1-21-8-2-3-9(15(19)20)13(6-8)22-7-10-11(16)4-5-12(17)14(10)18/h2-6H,7H2,1H3,(H,19,20). The minimum absolute atomic E-state index is 0.00933. The van der Waals surface area contributed by atoms with Gasteiger partial charge in [0.05, 0.1) is 17.2 Å². The fraction of sp³-hybridized carbons (Fsp3) is 0.133. The van der Waals surface area contributed by atoms with E-state index in [1.807, 2.05) is 0 Å². The van der Waals surface area contributed by atoms with E-state index in [1.165, 1.54) is 25.3 Å². The summed E-state index contributed by atoms with van der Waals surface area (Å²) in [5, 5.41) is 10.2. The molecule has 7 heteroatoms. The molecule has 1 N–H and O–H groups in total. The van der Waals surface area contributed by atoms with Crippen LogP contribution in [0.3, 0.4) is 0 Å². The molecular weight excluding hydrogens is 351 g/mol. The van der Waals surface area contributed by atoms with Gasteiger partial charge in [-0.2, -0.15) is 0 Å². The Labute approximate surface area is 142 Å². The third-order valence-corrected chi connectivity index (χ3v) is 4.13. The molecule has 0 aliphatic carbocycles. The molecule has 0 bridgehead atoms. The van der Waals surface area contributed by atoms with Crippen molar-refractivity contribution in [1.82, 2.24) is 0 Å². The zero-order valence-electron chi connectivity index (χ0n) is 11.4. The van der Waals surface area contributed by atoms with Gasteiger partial charge in [-0.3, -0.25) is 0 Å². The molecule has 0 saturated heterocycles. The highest BCUT2D eigenvalue weighted by molar-refractivity contribution is 6.44. The molecule has 0 amide bonds. The van der Waals surface area contributed by atoms with Crippen molar-refractivity contribution in [3.8, 4) is 11.5 Å². The van der Waals surface area contributed by atoms with Crippen molar-refractivity contribution in [3.05, 3.63) is 56.5 Å². The summed E-state index contributed by atoms with van der Waals surface area (Å²) in [5.74, 6) is -0.483. The first kappa shape index (κ1) is 16.7. The van der Waals surface area contributed by atoms with Crippen molar-refractivity contribution in [2.45, 2.75) is 6.61 Å². The van der Waals surface area contributed by atoms with Crippen molar-refractivity contribution in [2.24, 2.45) is 0 Å². The molecule has 0 fully saturated rings. The third kappa shape index (κ3) is 3.58. The molecule has 2 aromatic carbocycles. The van der Waals surface area contributed by atoms with Gasteiger partial charge >= 0.3 is 5.97 Å². The summed E-state index contributed by atoms with van der Waals surface area (Å²) in [6.07, 6.45) is 0. The van der Waals surface area contributed by atoms with E-state index in [9.17, 15) is 9.90 Å². The summed E-state index contributed by atoms with van der Waals surface area (Å²) in [6.45, 7) is -0.0221. The molecule has 0 unspecified atom stereocenters. The molecule has 0 aliphatic rings. The van der Waals surface area contributed by atoms with Crippen LogP contribution in [0.5, 0.6) is 11.5 Å². The summed E-state index contributed by atoms with van der Waals surface area (Å²) >= 11 is 18.1. The van der Waals surface area contributed by atoms with Crippen LogP contribution < -0.4 is 9.47 Å². The quantitative estimate of drug-likeness (QED) is 0.767. The van der Waals surface area contributed by atoms with Gasteiger partial charge in [0.1, 0.15) is 23.7 Å². The number of hydrogen-bond donors (Lipinski definition) is 1. The number of methoxy groups -OCH3 is 1. The second-order valence-electron chi connectivity index (χ2n) is 4.28. The SMILES string of the molecule is COc1ccc(C(=O)O)c(OCc2c(Cl)ccc(Cl)c2Cl)c1. The Hall–Kier alpha value is -1.62. The molecule has 0 aliphatic heterocycles. The van der Waals surface area contributed by atoms with Crippen molar-refractivity contribution in [1.29, 1.82) is 0 Å². The zero-order valence-corrected chi connectivity index (χ0v) is 13.7. The smallest absolute Gasteiger partial charge is 0.339 e. The lowest BCUT2D eigenvalue weighted by Crippen LogP contribution is -2.04. The summed E-state index contributed by atoms with van der Waals surface area (Å²) in [7, 11) is 1.48. The number of carboxylic acid groups (broad SMARTS) is 1. The van der Waals surface area contributed by atoms with E-state index in [-0.39, 0.29) is 22.9 Å². The van der Waals surface area contributed by atoms with E-state index in [2.05, 4.69) is 0 Å². The molecule has 0 saturated carbocycles. The van der Waals surface area contributed by atoms with Gasteiger partial charge < -0.3 is 14.6 Å². The fourth-order valence-corrected chi connectivity index (χ4v) is 2.43. The van der Waals surface area contributed by atoms with Crippen molar-refractivity contribution in [3.63, 3.8) is 0 Å². The highest BCUT2D eigenvalue weighted by atomic mass is 35.5. The van der Waals surface area contributed by atoms with Crippen LogP contribution in [0.25, 0.3) is 0 Å². The molecule has 0 atom stereocenters. The lowest BCUT2D eigenvalue weighted by Gasteiger charge is -2.13. The minimum atomic E-state index is -1.11. The Bertz CT molecular complexity index is 716. The summed E-state index contributed by atoms with van der Waals surface area (Å²) in [4.78, 5) is 11.2. The number of halogens is 3. The van der Waals surface area contributed by atoms with Crippen LogP contribution in [-0.2, 0) is 6.61 Å². The maximum atomic E-state index is 11.2. The fourth-order valence-electron chi connectivity index (χ4n) is 1.78. The maximum absolute atomic E-state index is 11.2. The van der Waals surface area contributed by atoms with Crippen LogP contribution in [-0.4, -0.2) is 18.2 Å². The number of benzene rings is 2. The van der Waals surface area contributed by atoms with Crippen LogP contribution in [0.4, 0.5) is 0 Å². The van der Waals surface area contributed by atoms with Crippen molar-refractivity contribution < 1.29 is 19.4 Å². The van der Waals surface area contributed by atoms with E-state index < -0.39 is 5.97 Å². The molecule has 22 heavy (non-hydrogen) atoms. The number of rotatable bonds is 5. The van der Waals surface area contributed by atoms with E-state index in [0.717, 1.165) is 0 Å². The second kappa shape index (κ2) is 7.09. The molecule has 116 valence electrons. The Kier molecular flexibility index (Phi) is 5.40. The molecule has 2 rings (SSSR count). The average molecular weight is 362 g/mol. The molecular formula is C15H11Cl3O4. The van der Waals surface area contributed by atoms with E-state index >= 15 is 0 Å². The van der Waals surface area contributed by atoms with E-state index in [1.54, 1.807) is 12.1 Å². The topological polar surface area (TPSA) is 55.8 Å². The lowest BCUT2D eigenvalue weighted by atomic mass is 10.2. The normalized spacial score (nSPS) is 10.4. The predicted octanol–water partition coefficient (Wildman–Crippen LogP) is 4.93. The molecule has 2 aromatic rings.